The summed E-state index contributed by atoms with van der Waals surface area (Å²) < 4.78 is 14.7. The van der Waals surface area contributed by atoms with Crippen molar-refractivity contribution < 1.29 is 28.6 Å². The van der Waals surface area contributed by atoms with Gasteiger partial charge in [0, 0.05) is 12.8 Å². The lowest BCUT2D eigenvalue weighted by Gasteiger charge is -2.28. The van der Waals surface area contributed by atoms with Crippen LogP contribution in [0, 0.1) is 0 Å². The molecule has 2 N–H and O–H groups in total. The molecule has 25 heavy (non-hydrogen) atoms. The van der Waals surface area contributed by atoms with Crippen LogP contribution in [0.4, 0.5) is 4.79 Å². The monoisotopic (exact) mass is 348 g/mol. The number of allylic oxidation sites excluding steroid dienone is 1. The average Bonchev–Trinajstić information content (AvgIpc) is 2.60. The Hall–Kier alpha value is -2.87. The second kappa shape index (κ2) is 8.29. The molecule has 2 amide bonds. The maximum absolute atomic E-state index is 12.4. The van der Waals surface area contributed by atoms with Crippen molar-refractivity contribution in [3.8, 4) is 0 Å². The molecule has 0 saturated heterocycles. The third-order valence-electron chi connectivity index (χ3n) is 3.67. The molecule has 0 spiro atoms. The van der Waals surface area contributed by atoms with E-state index < -0.39 is 24.0 Å². The molecule has 2 rings (SSSR count). The van der Waals surface area contributed by atoms with Crippen LogP contribution in [0.1, 0.15) is 28.9 Å². The van der Waals surface area contributed by atoms with Crippen LogP contribution in [0.25, 0.3) is 0 Å². The maximum atomic E-state index is 12.4. The minimum Gasteiger partial charge on any atom is -0.465 e. The average molecular weight is 348 g/mol. The Morgan fingerprint density at radius 1 is 1.08 bits per heavy atom. The van der Waals surface area contributed by atoms with E-state index in [-0.39, 0.29) is 13.2 Å². The zero-order valence-corrected chi connectivity index (χ0v) is 14.3. The van der Waals surface area contributed by atoms with Crippen molar-refractivity contribution in [1.82, 2.24) is 10.6 Å². The van der Waals surface area contributed by atoms with E-state index in [1.165, 1.54) is 14.2 Å². The number of benzene rings is 1. The largest absolute Gasteiger partial charge is 0.465 e. The fourth-order valence-electron chi connectivity index (χ4n) is 2.44. The Morgan fingerprint density at radius 2 is 1.76 bits per heavy atom. The van der Waals surface area contributed by atoms with Gasteiger partial charge in [-0.25, -0.2) is 14.4 Å². The zero-order valence-electron chi connectivity index (χ0n) is 14.3. The fourth-order valence-corrected chi connectivity index (χ4v) is 2.44. The normalized spacial score (nSPS) is 16.8. The summed E-state index contributed by atoms with van der Waals surface area (Å²) in [7, 11) is 2.80. The molecule has 0 aromatic heterocycles. The predicted octanol–water partition coefficient (Wildman–Crippen LogP) is 1.29. The summed E-state index contributed by atoms with van der Waals surface area (Å²) in [6.07, 6.45) is 0. The molecule has 0 aliphatic carbocycles. The van der Waals surface area contributed by atoms with Gasteiger partial charge in [-0.15, -0.1) is 0 Å². The van der Waals surface area contributed by atoms with Crippen LogP contribution in [0.15, 0.2) is 35.5 Å². The lowest BCUT2D eigenvalue weighted by atomic mass is 9.95. The van der Waals surface area contributed by atoms with Crippen LogP contribution in [0.3, 0.4) is 0 Å². The number of carbonyl (C=O) groups is 3. The number of methoxy groups -OCH3 is 2. The lowest BCUT2D eigenvalue weighted by molar-refractivity contribution is -0.140. The summed E-state index contributed by atoms with van der Waals surface area (Å²) in [5.74, 6) is -1.02. The molecule has 0 bridgehead atoms. The molecule has 0 radical (unpaired) electrons. The molecule has 1 atom stereocenters. The first-order valence-electron chi connectivity index (χ1n) is 7.60. The molecule has 8 heteroatoms. The molecule has 1 aromatic rings. The van der Waals surface area contributed by atoms with Gasteiger partial charge < -0.3 is 24.8 Å². The lowest BCUT2D eigenvalue weighted by Crippen LogP contribution is -2.45. The highest BCUT2D eigenvalue weighted by atomic mass is 16.6. The van der Waals surface area contributed by atoms with Gasteiger partial charge in [-0.1, -0.05) is 12.1 Å². The highest BCUT2D eigenvalue weighted by Gasteiger charge is 2.32. The van der Waals surface area contributed by atoms with Crippen molar-refractivity contribution in [2.24, 2.45) is 0 Å². The molecular formula is C17H20N2O6. The van der Waals surface area contributed by atoms with E-state index in [1.807, 2.05) is 0 Å². The molecule has 1 heterocycles. The molecule has 134 valence electrons. The quantitative estimate of drug-likeness (QED) is 0.593. The number of ether oxygens (including phenoxy) is 3. The SMILES string of the molecule is COCCOC(=O)C1=C(C)NC(=O)N[C@H]1c1ccc(C(=O)OC)cc1. The number of hydrogen-bond donors (Lipinski definition) is 2. The van der Waals surface area contributed by atoms with Gasteiger partial charge in [-0.3, -0.25) is 0 Å². The topological polar surface area (TPSA) is 103 Å². The van der Waals surface area contributed by atoms with Crippen molar-refractivity contribution in [2.45, 2.75) is 13.0 Å². The molecule has 0 fully saturated rings. The number of hydrogen-bond acceptors (Lipinski definition) is 6. The summed E-state index contributed by atoms with van der Waals surface area (Å²) in [6, 6.07) is 5.33. The van der Waals surface area contributed by atoms with Crippen LogP contribution < -0.4 is 10.6 Å². The number of carbonyl (C=O) groups excluding carboxylic acids is 3. The third-order valence-corrected chi connectivity index (χ3v) is 3.67. The second-order valence-electron chi connectivity index (χ2n) is 5.31. The predicted molar refractivity (Wildman–Crippen MR) is 87.7 cm³/mol. The van der Waals surface area contributed by atoms with Crippen molar-refractivity contribution in [3.63, 3.8) is 0 Å². The van der Waals surface area contributed by atoms with Gasteiger partial charge in [-0.2, -0.15) is 0 Å². The first-order valence-corrected chi connectivity index (χ1v) is 7.60. The standard InChI is InChI=1S/C17H20N2O6/c1-10-13(16(21)25-9-8-23-2)14(19-17(22)18-10)11-4-6-12(7-5-11)15(20)24-3/h4-7,14H,8-9H2,1-3H3,(H2,18,19,22)/t14-/m0/s1. The molecular weight excluding hydrogens is 328 g/mol. The second-order valence-corrected chi connectivity index (χ2v) is 5.31. The van der Waals surface area contributed by atoms with E-state index in [4.69, 9.17) is 9.47 Å². The summed E-state index contributed by atoms with van der Waals surface area (Å²) in [6.45, 7) is 2.01. The van der Waals surface area contributed by atoms with Gasteiger partial charge in [0.15, 0.2) is 0 Å². The van der Waals surface area contributed by atoms with E-state index in [0.717, 1.165) is 0 Å². The minimum absolute atomic E-state index is 0.105. The maximum Gasteiger partial charge on any atom is 0.338 e. The van der Waals surface area contributed by atoms with Crippen LogP contribution in [0.5, 0.6) is 0 Å². The van der Waals surface area contributed by atoms with Crippen LogP contribution >= 0.6 is 0 Å². The van der Waals surface area contributed by atoms with Crippen LogP contribution in [0.2, 0.25) is 0 Å². The smallest absolute Gasteiger partial charge is 0.338 e. The zero-order chi connectivity index (χ0) is 18.4. The van der Waals surface area contributed by atoms with Gasteiger partial charge in [0.1, 0.15) is 6.61 Å². The van der Waals surface area contributed by atoms with Crippen molar-refractivity contribution >= 4 is 18.0 Å². The molecule has 0 saturated carbocycles. The Balaban J connectivity index is 2.29. The van der Waals surface area contributed by atoms with Gasteiger partial charge in [0.05, 0.1) is 30.9 Å². The van der Waals surface area contributed by atoms with Gasteiger partial charge in [-0.05, 0) is 24.6 Å². The highest BCUT2D eigenvalue weighted by molar-refractivity contribution is 5.95. The van der Waals surface area contributed by atoms with Crippen molar-refractivity contribution in [1.29, 1.82) is 0 Å². The fraction of sp³-hybridized carbons (Fsp3) is 0.353. The number of esters is 2. The first kappa shape index (κ1) is 18.5. The van der Waals surface area contributed by atoms with Gasteiger partial charge in [0.2, 0.25) is 0 Å². The Bertz CT molecular complexity index is 696. The van der Waals surface area contributed by atoms with E-state index in [1.54, 1.807) is 31.2 Å². The van der Waals surface area contributed by atoms with Gasteiger partial charge >= 0.3 is 18.0 Å². The molecule has 1 aromatic carbocycles. The van der Waals surface area contributed by atoms with Crippen LogP contribution in [-0.4, -0.2) is 45.4 Å². The Labute approximate surface area is 145 Å². The van der Waals surface area contributed by atoms with E-state index >= 15 is 0 Å². The highest BCUT2D eigenvalue weighted by Crippen LogP contribution is 2.27. The Kier molecular flexibility index (Phi) is 6.13. The van der Waals surface area contributed by atoms with E-state index in [0.29, 0.717) is 22.4 Å². The number of rotatable bonds is 6. The molecule has 8 nitrogen and oxygen atoms in total. The minimum atomic E-state index is -0.685. The van der Waals surface area contributed by atoms with E-state index in [9.17, 15) is 14.4 Å². The summed E-state index contributed by atoms with van der Waals surface area (Å²) in [5.41, 5.74) is 1.71. The summed E-state index contributed by atoms with van der Waals surface area (Å²) in [4.78, 5) is 35.7. The summed E-state index contributed by atoms with van der Waals surface area (Å²) >= 11 is 0. The Morgan fingerprint density at radius 3 is 2.36 bits per heavy atom. The van der Waals surface area contributed by atoms with E-state index in [2.05, 4.69) is 15.4 Å². The molecule has 0 unspecified atom stereocenters. The van der Waals surface area contributed by atoms with Gasteiger partial charge in [0.25, 0.3) is 0 Å². The number of amides is 2. The number of urea groups is 1. The molecule has 1 aliphatic heterocycles. The third kappa shape index (κ3) is 4.36. The number of nitrogens with one attached hydrogen (secondary N) is 2. The summed E-state index contributed by atoms with van der Waals surface area (Å²) in [5, 5.41) is 5.25. The van der Waals surface area contributed by atoms with Crippen molar-refractivity contribution in [2.75, 3.05) is 27.4 Å². The first-order chi connectivity index (χ1) is 12.0. The molecule has 1 aliphatic rings. The van der Waals surface area contributed by atoms with Crippen molar-refractivity contribution in [3.05, 3.63) is 46.7 Å². The van der Waals surface area contributed by atoms with Crippen LogP contribution in [-0.2, 0) is 19.0 Å².